The maximum Gasteiger partial charge on any atom is 0.240 e. The highest BCUT2D eigenvalue weighted by Crippen LogP contribution is 2.28. The summed E-state index contributed by atoms with van der Waals surface area (Å²) in [5.74, 6) is -0.100. The maximum atomic E-state index is 12.7. The first kappa shape index (κ1) is 17.3. The molecule has 0 aliphatic carbocycles. The Hall–Kier alpha value is -3.11. The van der Waals surface area contributed by atoms with E-state index in [2.05, 4.69) is 17.4 Å². The molecule has 0 radical (unpaired) electrons. The Morgan fingerprint density at radius 1 is 0.852 bits per heavy atom. The first-order chi connectivity index (χ1) is 13.3. The normalized spacial score (nSPS) is 12.3. The zero-order valence-corrected chi connectivity index (χ0v) is 15.0. The molecule has 4 nitrogen and oxygen atoms in total. The fraction of sp³-hybridized carbons (Fsp3) is 0.174. The molecule has 27 heavy (non-hydrogen) atoms. The Balaban J connectivity index is 1.57. The third-order valence-corrected chi connectivity index (χ3v) is 4.89. The number of carbonyl (C=O) groups is 1. The fourth-order valence-electron chi connectivity index (χ4n) is 3.65. The number of nitrogens with zero attached hydrogens (tertiary/aromatic N) is 1. The molecule has 0 bridgehead atoms. The van der Waals surface area contributed by atoms with Gasteiger partial charge < -0.3 is 15.0 Å². The molecule has 2 N–H and O–H groups in total. The summed E-state index contributed by atoms with van der Waals surface area (Å²) in [7, 11) is 0. The van der Waals surface area contributed by atoms with Crippen LogP contribution in [0.4, 0.5) is 0 Å². The molecule has 4 rings (SSSR count). The molecule has 0 spiro atoms. The van der Waals surface area contributed by atoms with Crippen LogP contribution in [0, 0.1) is 0 Å². The van der Waals surface area contributed by atoms with E-state index < -0.39 is 0 Å². The number of hydrogen-bond acceptors (Lipinski definition) is 2. The number of amides is 1. The van der Waals surface area contributed by atoms with Crippen molar-refractivity contribution in [1.29, 1.82) is 0 Å². The van der Waals surface area contributed by atoms with Crippen molar-refractivity contribution < 1.29 is 9.90 Å². The lowest BCUT2D eigenvalue weighted by molar-refractivity contribution is -0.122. The van der Waals surface area contributed by atoms with E-state index in [9.17, 15) is 9.90 Å². The summed E-state index contributed by atoms with van der Waals surface area (Å²) >= 11 is 0. The third-order valence-electron chi connectivity index (χ3n) is 4.89. The van der Waals surface area contributed by atoms with E-state index in [4.69, 9.17) is 0 Å². The van der Waals surface area contributed by atoms with E-state index >= 15 is 0 Å². The van der Waals surface area contributed by atoms with Crippen molar-refractivity contribution in [3.63, 3.8) is 0 Å². The molecular weight excluding hydrogens is 336 g/mol. The Kier molecular flexibility index (Phi) is 4.90. The second kappa shape index (κ2) is 7.64. The first-order valence-corrected chi connectivity index (χ1v) is 9.16. The van der Waals surface area contributed by atoms with Crippen LogP contribution in [0.25, 0.3) is 21.8 Å². The van der Waals surface area contributed by atoms with Gasteiger partial charge in [0.15, 0.2) is 0 Å². The largest absolute Gasteiger partial charge is 0.394 e. The minimum Gasteiger partial charge on any atom is -0.394 e. The average Bonchev–Trinajstić information content (AvgIpc) is 3.02. The van der Waals surface area contributed by atoms with E-state index in [-0.39, 0.29) is 25.1 Å². The molecule has 1 aromatic heterocycles. The molecule has 0 aliphatic heterocycles. The molecule has 4 aromatic rings. The lowest BCUT2D eigenvalue weighted by Gasteiger charge is -2.17. The van der Waals surface area contributed by atoms with Gasteiger partial charge in [0, 0.05) is 21.8 Å². The van der Waals surface area contributed by atoms with Crippen LogP contribution in [0.15, 0.2) is 78.9 Å². The molecule has 0 saturated heterocycles. The Morgan fingerprint density at radius 2 is 1.41 bits per heavy atom. The topological polar surface area (TPSA) is 54.3 Å². The highest BCUT2D eigenvalue weighted by atomic mass is 16.3. The van der Waals surface area contributed by atoms with Crippen molar-refractivity contribution in [3.8, 4) is 0 Å². The van der Waals surface area contributed by atoms with Crippen molar-refractivity contribution in [2.45, 2.75) is 19.0 Å². The number of rotatable bonds is 6. The lowest BCUT2D eigenvalue weighted by Crippen LogP contribution is -2.40. The minimum absolute atomic E-state index is 0.0895. The lowest BCUT2D eigenvalue weighted by atomic mass is 10.1. The third kappa shape index (κ3) is 3.57. The fourth-order valence-corrected chi connectivity index (χ4v) is 3.65. The van der Waals surface area contributed by atoms with Gasteiger partial charge in [-0.25, -0.2) is 0 Å². The molecule has 4 heteroatoms. The molecule has 1 atom stereocenters. The number of aliphatic hydroxyl groups is 1. The summed E-state index contributed by atoms with van der Waals surface area (Å²) in [6.07, 6.45) is 0.607. The van der Waals surface area contributed by atoms with Gasteiger partial charge in [0.2, 0.25) is 5.91 Å². The van der Waals surface area contributed by atoms with E-state index in [0.29, 0.717) is 6.42 Å². The number of fused-ring (bicyclic) bond motifs is 3. The SMILES string of the molecule is O=C(Cn1c2ccccc2c2ccccc21)NC(CO)Cc1ccccc1. The van der Waals surface area contributed by atoms with Crippen LogP contribution >= 0.6 is 0 Å². The van der Waals surface area contributed by atoms with Gasteiger partial charge in [-0.2, -0.15) is 0 Å². The van der Waals surface area contributed by atoms with E-state index in [0.717, 1.165) is 27.4 Å². The first-order valence-electron chi connectivity index (χ1n) is 9.16. The molecule has 1 amide bonds. The quantitative estimate of drug-likeness (QED) is 0.554. The Labute approximate surface area is 158 Å². The highest BCUT2D eigenvalue weighted by molar-refractivity contribution is 6.08. The van der Waals surface area contributed by atoms with Crippen LogP contribution in [-0.2, 0) is 17.8 Å². The van der Waals surface area contributed by atoms with Crippen LogP contribution in [0.5, 0.6) is 0 Å². The highest BCUT2D eigenvalue weighted by Gasteiger charge is 2.16. The molecule has 0 saturated carbocycles. The monoisotopic (exact) mass is 358 g/mol. The predicted molar refractivity (Wildman–Crippen MR) is 109 cm³/mol. The number of carbonyl (C=O) groups excluding carboxylic acids is 1. The summed E-state index contributed by atoms with van der Waals surface area (Å²) in [5, 5.41) is 14.9. The maximum absolute atomic E-state index is 12.7. The minimum atomic E-state index is -0.298. The van der Waals surface area contributed by atoms with Gasteiger partial charge >= 0.3 is 0 Å². The number of benzene rings is 3. The van der Waals surface area contributed by atoms with Crippen molar-refractivity contribution in [2.24, 2.45) is 0 Å². The molecule has 3 aromatic carbocycles. The second-order valence-electron chi connectivity index (χ2n) is 6.76. The van der Waals surface area contributed by atoms with Gasteiger partial charge in [0.1, 0.15) is 6.54 Å². The number of para-hydroxylation sites is 2. The zero-order chi connectivity index (χ0) is 18.6. The standard InChI is InChI=1S/C23H22N2O2/c26-16-18(14-17-8-2-1-3-9-17)24-23(27)15-25-21-12-6-4-10-19(21)20-11-5-7-13-22(20)25/h1-13,18,26H,14-16H2,(H,24,27). The van der Waals surface area contributed by atoms with Gasteiger partial charge in [-0.3, -0.25) is 4.79 Å². The number of aliphatic hydroxyl groups excluding tert-OH is 1. The van der Waals surface area contributed by atoms with Crippen LogP contribution in [0.3, 0.4) is 0 Å². The van der Waals surface area contributed by atoms with Crippen LogP contribution in [0.1, 0.15) is 5.56 Å². The summed E-state index contributed by atoms with van der Waals surface area (Å²) in [6, 6.07) is 25.8. The van der Waals surface area contributed by atoms with Crippen molar-refractivity contribution in [2.75, 3.05) is 6.61 Å². The van der Waals surface area contributed by atoms with Crippen molar-refractivity contribution >= 4 is 27.7 Å². The summed E-state index contributed by atoms with van der Waals surface area (Å²) in [6.45, 7) is 0.132. The molecule has 1 unspecified atom stereocenters. The Bertz CT molecular complexity index is 1020. The van der Waals surface area contributed by atoms with Gasteiger partial charge in [-0.15, -0.1) is 0 Å². The number of hydrogen-bond donors (Lipinski definition) is 2. The van der Waals surface area contributed by atoms with E-state index in [1.807, 2.05) is 71.3 Å². The molecular formula is C23H22N2O2. The van der Waals surface area contributed by atoms with E-state index in [1.165, 1.54) is 0 Å². The molecule has 0 aliphatic rings. The second-order valence-corrected chi connectivity index (χ2v) is 6.76. The summed E-state index contributed by atoms with van der Waals surface area (Å²) in [5.41, 5.74) is 3.17. The van der Waals surface area contributed by atoms with Gasteiger partial charge in [0.25, 0.3) is 0 Å². The molecule has 136 valence electrons. The average molecular weight is 358 g/mol. The number of aromatic nitrogens is 1. The van der Waals surface area contributed by atoms with Crippen LogP contribution < -0.4 is 5.32 Å². The zero-order valence-electron chi connectivity index (χ0n) is 15.0. The molecule has 1 heterocycles. The van der Waals surface area contributed by atoms with Gasteiger partial charge in [-0.05, 0) is 24.1 Å². The van der Waals surface area contributed by atoms with Crippen LogP contribution in [0.2, 0.25) is 0 Å². The summed E-state index contributed by atoms with van der Waals surface area (Å²) in [4.78, 5) is 12.7. The van der Waals surface area contributed by atoms with E-state index in [1.54, 1.807) is 0 Å². The summed E-state index contributed by atoms with van der Waals surface area (Å²) < 4.78 is 2.04. The molecule has 0 fully saturated rings. The van der Waals surface area contributed by atoms with Gasteiger partial charge in [-0.1, -0.05) is 66.7 Å². The van der Waals surface area contributed by atoms with Gasteiger partial charge in [0.05, 0.1) is 12.6 Å². The smallest absolute Gasteiger partial charge is 0.240 e. The Morgan fingerprint density at radius 3 is 2.00 bits per heavy atom. The predicted octanol–water partition coefficient (Wildman–Crippen LogP) is 3.51. The van der Waals surface area contributed by atoms with Crippen molar-refractivity contribution in [3.05, 3.63) is 84.4 Å². The van der Waals surface area contributed by atoms with Crippen LogP contribution in [-0.4, -0.2) is 28.2 Å². The number of nitrogens with one attached hydrogen (secondary N) is 1. The van der Waals surface area contributed by atoms with Crippen molar-refractivity contribution in [1.82, 2.24) is 9.88 Å².